The number of nitrogens with zero attached hydrogens (tertiary/aromatic N) is 3. The molecule has 3 aromatic rings. The smallest absolute Gasteiger partial charge is 0.324 e. The summed E-state index contributed by atoms with van der Waals surface area (Å²) in [5, 5.41) is 3.89. The Morgan fingerprint density at radius 1 is 1.06 bits per heavy atom. The van der Waals surface area contributed by atoms with Crippen LogP contribution in [0.25, 0.3) is 0 Å². The average molecular weight is 491 g/mol. The van der Waals surface area contributed by atoms with Gasteiger partial charge in [0.15, 0.2) is 5.82 Å². The lowest BCUT2D eigenvalue weighted by Crippen LogP contribution is -2.19. The molecule has 3 rings (SSSR count). The zero-order valence-electron chi connectivity index (χ0n) is 19.0. The molecule has 9 nitrogen and oxygen atoms in total. The van der Waals surface area contributed by atoms with Crippen molar-refractivity contribution in [2.45, 2.75) is 6.42 Å². The fourth-order valence-corrected chi connectivity index (χ4v) is 4.39. The first-order chi connectivity index (χ1) is 15.8. The van der Waals surface area contributed by atoms with E-state index in [2.05, 4.69) is 43.2 Å². The largest absolute Gasteiger partial charge is 0.362 e. The molecule has 0 spiro atoms. The van der Waals surface area contributed by atoms with Crippen LogP contribution in [-0.4, -0.2) is 49.7 Å². The van der Waals surface area contributed by atoms with E-state index < -0.39 is 7.60 Å². The molecule has 11 heteroatoms. The third kappa shape index (κ3) is 6.66. The summed E-state index contributed by atoms with van der Waals surface area (Å²) in [5.41, 5.74) is 8.52. The second-order valence-electron chi connectivity index (χ2n) is 7.40. The van der Waals surface area contributed by atoms with E-state index in [1.165, 1.54) is 26.0 Å². The van der Waals surface area contributed by atoms with Gasteiger partial charge in [-0.3, -0.25) is 15.4 Å². The molecule has 0 saturated carbocycles. The molecule has 0 aliphatic carbocycles. The minimum Gasteiger partial charge on any atom is -0.324 e. The number of para-hydroxylation sites is 1. The lowest BCUT2D eigenvalue weighted by atomic mass is 10.1. The van der Waals surface area contributed by atoms with Gasteiger partial charge < -0.3 is 19.3 Å². The minimum absolute atomic E-state index is 0.312. The first-order valence-corrected chi connectivity index (χ1v) is 12.1. The number of rotatable bonds is 11. The number of hydrazine groups is 1. The van der Waals surface area contributed by atoms with Crippen molar-refractivity contribution in [1.29, 1.82) is 0 Å². The number of anilines is 4. The summed E-state index contributed by atoms with van der Waals surface area (Å²) >= 11 is 6.28. The fraction of sp³-hybridized carbons (Fsp3) is 0.273. The first kappa shape index (κ1) is 25.0. The minimum atomic E-state index is -3.46. The molecule has 33 heavy (non-hydrogen) atoms. The highest BCUT2D eigenvalue weighted by Crippen LogP contribution is 2.47. The van der Waals surface area contributed by atoms with E-state index in [-0.39, 0.29) is 0 Å². The molecule has 0 aliphatic rings. The molecule has 0 radical (unpaired) electrons. The number of benzene rings is 2. The van der Waals surface area contributed by atoms with Gasteiger partial charge in [-0.05, 0) is 50.3 Å². The Morgan fingerprint density at radius 2 is 1.82 bits per heavy atom. The van der Waals surface area contributed by atoms with Crippen molar-refractivity contribution in [3.63, 3.8) is 0 Å². The standard InChI is InChI=1S/C22H28ClN6O3P/c1-29(2)13-12-16-8-7-9-17(14-16)25-22-24-15-18(23)21(26-22)28-27-19-10-5-6-11-20(19)33(30,31-3)32-4/h5-11,14-15,27H,12-13H2,1-4H3,(H2,24,25,26,28). The van der Waals surface area contributed by atoms with Crippen molar-refractivity contribution < 1.29 is 13.6 Å². The van der Waals surface area contributed by atoms with E-state index in [4.69, 9.17) is 20.6 Å². The lowest BCUT2D eigenvalue weighted by Gasteiger charge is -2.19. The van der Waals surface area contributed by atoms with Gasteiger partial charge in [-0.15, -0.1) is 0 Å². The Balaban J connectivity index is 1.75. The molecule has 1 heterocycles. The topological polar surface area (TPSA) is 101 Å². The molecule has 0 atom stereocenters. The molecule has 0 aliphatic heterocycles. The van der Waals surface area contributed by atoms with Gasteiger partial charge in [0.25, 0.3) is 0 Å². The highest BCUT2D eigenvalue weighted by molar-refractivity contribution is 7.62. The molecule has 176 valence electrons. The molecule has 0 saturated heterocycles. The second-order valence-corrected chi connectivity index (χ2v) is 10.0. The third-order valence-corrected chi connectivity index (χ3v) is 6.99. The van der Waals surface area contributed by atoms with Gasteiger partial charge in [0.2, 0.25) is 5.95 Å². The van der Waals surface area contributed by atoms with Gasteiger partial charge in [0.05, 0.1) is 17.2 Å². The van der Waals surface area contributed by atoms with E-state index in [0.717, 1.165) is 18.7 Å². The van der Waals surface area contributed by atoms with E-state index in [1.54, 1.807) is 24.3 Å². The highest BCUT2D eigenvalue weighted by atomic mass is 35.5. The summed E-state index contributed by atoms with van der Waals surface area (Å²) in [6.07, 6.45) is 2.44. The Morgan fingerprint density at radius 3 is 2.55 bits per heavy atom. The molecule has 0 amide bonds. The predicted octanol–water partition coefficient (Wildman–Crippen LogP) is 4.53. The molecule has 0 fully saturated rings. The number of nitrogens with one attached hydrogen (secondary N) is 3. The summed E-state index contributed by atoms with van der Waals surface area (Å²) in [7, 11) is 3.31. The van der Waals surface area contributed by atoms with Crippen LogP contribution in [0, 0.1) is 0 Å². The summed E-state index contributed by atoms with van der Waals surface area (Å²) < 4.78 is 23.1. The maximum absolute atomic E-state index is 12.8. The van der Waals surface area contributed by atoms with Gasteiger partial charge in [0, 0.05) is 26.5 Å². The van der Waals surface area contributed by atoms with E-state index in [0.29, 0.717) is 27.8 Å². The maximum Gasteiger partial charge on any atom is 0.362 e. The van der Waals surface area contributed by atoms with Crippen LogP contribution in [0.2, 0.25) is 5.02 Å². The van der Waals surface area contributed by atoms with Crippen molar-refractivity contribution in [2.75, 3.05) is 51.0 Å². The first-order valence-electron chi connectivity index (χ1n) is 10.2. The number of halogens is 1. The van der Waals surface area contributed by atoms with Crippen LogP contribution in [-0.2, 0) is 20.0 Å². The van der Waals surface area contributed by atoms with Crippen LogP contribution < -0.4 is 21.5 Å². The van der Waals surface area contributed by atoms with Crippen LogP contribution in [0.3, 0.4) is 0 Å². The zero-order valence-corrected chi connectivity index (χ0v) is 20.7. The Bertz CT molecular complexity index is 1120. The predicted molar refractivity (Wildman–Crippen MR) is 134 cm³/mol. The summed E-state index contributed by atoms with van der Waals surface area (Å²) in [6, 6.07) is 15.0. The Kier molecular flexibility index (Phi) is 8.66. The lowest BCUT2D eigenvalue weighted by molar-refractivity contribution is 0.287. The SMILES string of the molecule is COP(=O)(OC)c1ccccc1NNc1nc(Nc2cccc(CCN(C)C)c2)ncc1Cl. The van der Waals surface area contributed by atoms with Crippen LogP contribution >= 0.6 is 19.2 Å². The third-order valence-electron chi connectivity index (χ3n) is 4.77. The summed E-state index contributed by atoms with van der Waals surface area (Å²) in [5.74, 6) is 0.721. The maximum atomic E-state index is 12.8. The molecule has 3 N–H and O–H groups in total. The molecular formula is C22H28ClN6O3P. The molecule has 0 unspecified atom stereocenters. The highest BCUT2D eigenvalue weighted by Gasteiger charge is 2.27. The normalized spacial score (nSPS) is 11.5. The van der Waals surface area contributed by atoms with E-state index in [1.807, 2.05) is 26.2 Å². The molecule has 0 bridgehead atoms. The van der Waals surface area contributed by atoms with Gasteiger partial charge in [-0.25, -0.2) is 4.98 Å². The summed E-state index contributed by atoms with van der Waals surface area (Å²) in [4.78, 5) is 10.9. The average Bonchev–Trinajstić information content (AvgIpc) is 2.83. The van der Waals surface area contributed by atoms with Crippen molar-refractivity contribution in [3.05, 3.63) is 65.3 Å². The Hall–Kier alpha value is -2.68. The van der Waals surface area contributed by atoms with Crippen LogP contribution in [0.4, 0.5) is 23.1 Å². The number of hydrogen-bond acceptors (Lipinski definition) is 9. The van der Waals surface area contributed by atoms with Crippen LogP contribution in [0.15, 0.2) is 54.7 Å². The van der Waals surface area contributed by atoms with Crippen molar-refractivity contribution in [1.82, 2.24) is 14.9 Å². The van der Waals surface area contributed by atoms with Crippen LogP contribution in [0.5, 0.6) is 0 Å². The monoisotopic (exact) mass is 490 g/mol. The second kappa shape index (κ2) is 11.4. The number of aromatic nitrogens is 2. The van der Waals surface area contributed by atoms with E-state index >= 15 is 0 Å². The van der Waals surface area contributed by atoms with Crippen molar-refractivity contribution in [2.24, 2.45) is 0 Å². The van der Waals surface area contributed by atoms with Gasteiger partial charge >= 0.3 is 7.60 Å². The zero-order chi connectivity index (χ0) is 23.8. The molecule has 2 aromatic carbocycles. The number of likely N-dealkylation sites (N-methyl/N-ethyl adjacent to an activating group) is 1. The van der Waals surface area contributed by atoms with E-state index in [9.17, 15) is 4.57 Å². The number of hydrogen-bond donors (Lipinski definition) is 3. The van der Waals surface area contributed by atoms with Gasteiger partial charge in [-0.2, -0.15) is 4.98 Å². The van der Waals surface area contributed by atoms with Crippen molar-refractivity contribution in [3.8, 4) is 0 Å². The Labute approximate surface area is 199 Å². The molecule has 1 aromatic heterocycles. The van der Waals surface area contributed by atoms with Crippen molar-refractivity contribution >= 4 is 47.6 Å². The quantitative estimate of drug-likeness (QED) is 0.264. The van der Waals surface area contributed by atoms with Gasteiger partial charge in [0.1, 0.15) is 5.02 Å². The van der Waals surface area contributed by atoms with Gasteiger partial charge in [-0.1, -0.05) is 35.9 Å². The molecular weight excluding hydrogens is 463 g/mol. The summed E-state index contributed by atoms with van der Waals surface area (Å²) in [6.45, 7) is 0.960. The fourth-order valence-electron chi connectivity index (χ4n) is 3.02. The van der Waals surface area contributed by atoms with Crippen LogP contribution in [0.1, 0.15) is 5.56 Å².